The van der Waals surface area contributed by atoms with E-state index in [2.05, 4.69) is 15.8 Å². The summed E-state index contributed by atoms with van der Waals surface area (Å²) in [6.07, 6.45) is 1.42. The molecule has 0 saturated carbocycles. The number of ether oxygens (including phenoxy) is 2. The molecule has 2 N–H and O–H groups in total. The molecule has 0 aromatic heterocycles. The molecule has 1 atom stereocenters. The lowest BCUT2D eigenvalue weighted by atomic mass is 10.1. The summed E-state index contributed by atoms with van der Waals surface area (Å²) >= 11 is 0. The molecule has 28 heavy (non-hydrogen) atoms. The van der Waals surface area contributed by atoms with Crippen molar-refractivity contribution in [3.05, 3.63) is 53.8 Å². The van der Waals surface area contributed by atoms with Gasteiger partial charge in [-0.1, -0.05) is 12.1 Å². The summed E-state index contributed by atoms with van der Waals surface area (Å²) in [5.74, 6) is -1.76. The molecule has 2 aromatic carbocycles. The number of amides is 2. The molecule has 7 nitrogen and oxygen atoms in total. The number of carbonyl (C=O) groups excluding carboxylic acids is 2. The third kappa shape index (κ3) is 5.54. The van der Waals surface area contributed by atoms with E-state index < -0.39 is 23.5 Å². The molecule has 2 rings (SSSR count). The van der Waals surface area contributed by atoms with E-state index in [1.54, 1.807) is 31.4 Å². The van der Waals surface area contributed by atoms with Gasteiger partial charge >= 0.3 is 0 Å². The maximum absolute atomic E-state index is 13.6. The summed E-state index contributed by atoms with van der Waals surface area (Å²) in [4.78, 5) is 24.2. The number of hydrogen-bond acceptors (Lipinski definition) is 5. The summed E-state index contributed by atoms with van der Waals surface area (Å²) in [7, 11) is 1.54. The molecule has 0 saturated heterocycles. The molecule has 0 aliphatic rings. The second-order valence-corrected chi connectivity index (χ2v) is 5.77. The second-order valence-electron chi connectivity index (χ2n) is 5.77. The first-order chi connectivity index (χ1) is 13.5. The van der Waals surface area contributed by atoms with E-state index in [4.69, 9.17) is 9.47 Å². The Labute approximate surface area is 162 Å². The molecule has 0 aliphatic heterocycles. The van der Waals surface area contributed by atoms with Crippen molar-refractivity contribution in [1.82, 2.24) is 5.43 Å². The SMILES string of the molecule is CCOc1cc(C=NNC(=O)C(C)C(=O)Nc2ccccc2F)ccc1OC. The maximum atomic E-state index is 13.6. The Kier molecular flexibility index (Phi) is 7.50. The molecular formula is C20H22FN3O4. The highest BCUT2D eigenvalue weighted by atomic mass is 19.1. The van der Waals surface area contributed by atoms with Crippen LogP contribution in [-0.2, 0) is 9.59 Å². The smallest absolute Gasteiger partial charge is 0.252 e. The van der Waals surface area contributed by atoms with Gasteiger partial charge in [-0.3, -0.25) is 9.59 Å². The Hall–Kier alpha value is -3.42. The summed E-state index contributed by atoms with van der Waals surface area (Å²) in [6, 6.07) is 10.9. The van der Waals surface area contributed by atoms with E-state index >= 15 is 0 Å². The van der Waals surface area contributed by atoms with Gasteiger partial charge in [0, 0.05) is 0 Å². The summed E-state index contributed by atoms with van der Waals surface area (Å²) in [5, 5.41) is 6.23. The predicted molar refractivity (Wildman–Crippen MR) is 104 cm³/mol. The minimum atomic E-state index is -1.06. The highest BCUT2D eigenvalue weighted by Crippen LogP contribution is 2.27. The molecule has 0 aliphatic carbocycles. The van der Waals surface area contributed by atoms with E-state index in [1.165, 1.54) is 31.3 Å². The molecule has 0 radical (unpaired) electrons. The number of methoxy groups -OCH3 is 1. The first kappa shape index (κ1) is 20.9. The van der Waals surface area contributed by atoms with Gasteiger partial charge in [0.05, 0.1) is 25.6 Å². The van der Waals surface area contributed by atoms with Crippen LogP contribution in [0.1, 0.15) is 19.4 Å². The van der Waals surface area contributed by atoms with Crippen molar-refractivity contribution in [2.45, 2.75) is 13.8 Å². The van der Waals surface area contributed by atoms with Crippen molar-refractivity contribution in [3.8, 4) is 11.5 Å². The zero-order valence-electron chi connectivity index (χ0n) is 15.9. The monoisotopic (exact) mass is 387 g/mol. The Morgan fingerprint density at radius 3 is 2.61 bits per heavy atom. The highest BCUT2D eigenvalue weighted by molar-refractivity contribution is 6.06. The lowest BCUT2D eigenvalue weighted by Crippen LogP contribution is -2.34. The molecule has 2 aromatic rings. The lowest BCUT2D eigenvalue weighted by Gasteiger charge is -2.11. The van der Waals surface area contributed by atoms with Crippen LogP contribution in [0.15, 0.2) is 47.6 Å². The van der Waals surface area contributed by atoms with Crippen LogP contribution >= 0.6 is 0 Å². The zero-order chi connectivity index (χ0) is 20.5. The molecule has 0 bridgehead atoms. The van der Waals surface area contributed by atoms with E-state index in [0.29, 0.717) is 23.7 Å². The average molecular weight is 387 g/mol. The van der Waals surface area contributed by atoms with E-state index in [-0.39, 0.29) is 5.69 Å². The van der Waals surface area contributed by atoms with Gasteiger partial charge in [0.1, 0.15) is 11.7 Å². The predicted octanol–water partition coefficient (Wildman–Crippen LogP) is 2.96. The molecule has 1 unspecified atom stereocenters. The van der Waals surface area contributed by atoms with E-state index in [1.807, 2.05) is 6.92 Å². The Balaban J connectivity index is 1.96. The molecule has 0 fully saturated rings. The summed E-state index contributed by atoms with van der Waals surface area (Å²) < 4.78 is 24.3. The molecular weight excluding hydrogens is 365 g/mol. The lowest BCUT2D eigenvalue weighted by molar-refractivity contribution is -0.131. The van der Waals surface area contributed by atoms with Crippen LogP contribution < -0.4 is 20.2 Å². The number of para-hydroxylation sites is 1. The standard InChI is InChI=1S/C20H22FN3O4/c1-4-28-18-11-14(9-10-17(18)27-3)12-22-24-20(26)13(2)19(25)23-16-8-6-5-7-15(16)21/h5-13H,4H2,1-3H3,(H,23,25)(H,24,26). The molecule has 8 heteroatoms. The van der Waals surface area contributed by atoms with Gasteiger partial charge in [-0.2, -0.15) is 5.10 Å². The molecule has 0 heterocycles. The summed E-state index contributed by atoms with van der Waals surface area (Å²) in [6.45, 7) is 3.73. The fourth-order valence-corrected chi connectivity index (χ4v) is 2.23. The quantitative estimate of drug-likeness (QED) is 0.414. The van der Waals surface area contributed by atoms with Gasteiger partial charge in [-0.05, 0) is 49.7 Å². The number of nitrogens with one attached hydrogen (secondary N) is 2. The fraction of sp³-hybridized carbons (Fsp3) is 0.250. The number of halogens is 1. The van der Waals surface area contributed by atoms with Gasteiger partial charge in [0.2, 0.25) is 5.91 Å². The number of hydrogen-bond donors (Lipinski definition) is 2. The van der Waals surface area contributed by atoms with Crippen LogP contribution in [-0.4, -0.2) is 31.7 Å². The van der Waals surface area contributed by atoms with Crippen molar-refractivity contribution in [3.63, 3.8) is 0 Å². The second kappa shape index (κ2) is 10.1. The minimum absolute atomic E-state index is 0.0114. The largest absolute Gasteiger partial charge is 0.493 e. The van der Waals surface area contributed by atoms with Gasteiger partial charge in [-0.15, -0.1) is 0 Å². The van der Waals surface area contributed by atoms with Crippen LogP contribution in [0.2, 0.25) is 0 Å². The third-order valence-corrected chi connectivity index (χ3v) is 3.79. The van der Waals surface area contributed by atoms with Crippen LogP contribution in [0.25, 0.3) is 0 Å². The highest BCUT2D eigenvalue weighted by Gasteiger charge is 2.22. The van der Waals surface area contributed by atoms with Crippen molar-refractivity contribution in [2.24, 2.45) is 11.0 Å². The Morgan fingerprint density at radius 2 is 1.93 bits per heavy atom. The average Bonchev–Trinajstić information content (AvgIpc) is 2.69. The van der Waals surface area contributed by atoms with Crippen LogP contribution in [0.4, 0.5) is 10.1 Å². The van der Waals surface area contributed by atoms with Crippen molar-refractivity contribution < 1.29 is 23.5 Å². The Bertz CT molecular complexity index is 870. The first-order valence-electron chi connectivity index (χ1n) is 8.65. The third-order valence-electron chi connectivity index (χ3n) is 3.79. The van der Waals surface area contributed by atoms with E-state index in [0.717, 1.165) is 0 Å². The van der Waals surface area contributed by atoms with Gasteiger partial charge < -0.3 is 14.8 Å². The number of anilines is 1. The van der Waals surface area contributed by atoms with Crippen molar-refractivity contribution in [1.29, 1.82) is 0 Å². The van der Waals surface area contributed by atoms with E-state index in [9.17, 15) is 14.0 Å². The van der Waals surface area contributed by atoms with Gasteiger partial charge in [0.25, 0.3) is 5.91 Å². The van der Waals surface area contributed by atoms with Crippen molar-refractivity contribution in [2.75, 3.05) is 19.0 Å². The number of nitrogens with zero attached hydrogens (tertiary/aromatic N) is 1. The minimum Gasteiger partial charge on any atom is -0.493 e. The topological polar surface area (TPSA) is 89.0 Å². The van der Waals surface area contributed by atoms with Crippen LogP contribution in [0, 0.1) is 11.7 Å². The molecule has 0 spiro atoms. The number of benzene rings is 2. The maximum Gasteiger partial charge on any atom is 0.252 e. The number of hydrazone groups is 1. The summed E-state index contributed by atoms with van der Waals surface area (Å²) in [5.41, 5.74) is 2.98. The molecule has 2 amide bonds. The zero-order valence-corrected chi connectivity index (χ0v) is 15.9. The molecule has 148 valence electrons. The number of carbonyl (C=O) groups is 2. The van der Waals surface area contributed by atoms with Gasteiger partial charge in [0.15, 0.2) is 11.5 Å². The van der Waals surface area contributed by atoms with Crippen molar-refractivity contribution >= 4 is 23.7 Å². The Morgan fingerprint density at radius 1 is 1.18 bits per heavy atom. The first-order valence-corrected chi connectivity index (χ1v) is 8.65. The number of rotatable bonds is 8. The van der Waals surface area contributed by atoms with Crippen LogP contribution in [0.3, 0.4) is 0 Å². The van der Waals surface area contributed by atoms with Gasteiger partial charge in [-0.25, -0.2) is 9.82 Å². The fourth-order valence-electron chi connectivity index (χ4n) is 2.23. The normalized spacial score (nSPS) is 11.7. The van der Waals surface area contributed by atoms with Crippen LogP contribution in [0.5, 0.6) is 11.5 Å².